The summed E-state index contributed by atoms with van der Waals surface area (Å²) in [7, 11) is 3.59. The summed E-state index contributed by atoms with van der Waals surface area (Å²) in [6.45, 7) is 8.31. The SMILES string of the molecule is C=C/C=C(\C)OC.CCN(C)/C=C/c1cc(C#N)ccc1C#N. The molecule has 0 aliphatic heterocycles. The Balaban J connectivity index is 0.000000585. The predicted molar refractivity (Wildman–Crippen MR) is 94.2 cm³/mol. The van der Waals surface area contributed by atoms with Crippen LogP contribution in [0, 0.1) is 22.7 Å². The summed E-state index contributed by atoms with van der Waals surface area (Å²) >= 11 is 0. The van der Waals surface area contributed by atoms with Crippen LogP contribution in [0.1, 0.15) is 30.5 Å². The van der Waals surface area contributed by atoms with Crippen LogP contribution in [-0.4, -0.2) is 25.6 Å². The molecule has 0 aliphatic rings. The number of rotatable bonds is 5. The molecule has 0 saturated carbocycles. The third kappa shape index (κ3) is 8.14. The Labute approximate surface area is 139 Å². The van der Waals surface area contributed by atoms with Gasteiger partial charge < -0.3 is 9.64 Å². The maximum atomic E-state index is 8.92. The highest BCUT2D eigenvalue weighted by molar-refractivity contribution is 5.60. The number of ether oxygens (including phenoxy) is 1. The summed E-state index contributed by atoms with van der Waals surface area (Å²) < 4.78 is 4.78. The van der Waals surface area contributed by atoms with Gasteiger partial charge in [0.2, 0.25) is 0 Å². The molecule has 0 radical (unpaired) electrons. The van der Waals surface area contributed by atoms with E-state index in [0.29, 0.717) is 11.1 Å². The van der Waals surface area contributed by atoms with Gasteiger partial charge in [-0.05, 0) is 56.0 Å². The van der Waals surface area contributed by atoms with E-state index < -0.39 is 0 Å². The third-order valence-corrected chi connectivity index (χ3v) is 2.98. The molecule has 1 aromatic carbocycles. The molecule has 0 aliphatic carbocycles. The fraction of sp³-hybridized carbons (Fsp3) is 0.263. The molecule has 0 fully saturated rings. The molecule has 1 rings (SSSR count). The first-order chi connectivity index (χ1) is 11.0. The van der Waals surface area contributed by atoms with Gasteiger partial charge in [0, 0.05) is 13.6 Å². The molecule has 0 atom stereocenters. The van der Waals surface area contributed by atoms with Crippen LogP contribution in [0.3, 0.4) is 0 Å². The summed E-state index contributed by atoms with van der Waals surface area (Å²) in [5.41, 5.74) is 1.93. The molecule has 0 spiro atoms. The minimum atomic E-state index is 0.567. The zero-order valence-corrected chi connectivity index (χ0v) is 14.2. The van der Waals surface area contributed by atoms with Crippen LogP contribution < -0.4 is 0 Å². The Morgan fingerprint density at radius 3 is 2.48 bits per heavy atom. The van der Waals surface area contributed by atoms with E-state index in [-0.39, 0.29) is 0 Å². The Kier molecular flexibility index (Phi) is 10.1. The molecular formula is C19H23N3O. The van der Waals surface area contributed by atoms with E-state index in [4.69, 9.17) is 15.3 Å². The van der Waals surface area contributed by atoms with Crippen molar-refractivity contribution in [3.63, 3.8) is 0 Å². The number of benzene rings is 1. The second-order valence-electron chi connectivity index (χ2n) is 4.63. The van der Waals surface area contributed by atoms with Gasteiger partial charge in [-0.15, -0.1) is 0 Å². The van der Waals surface area contributed by atoms with Crippen molar-refractivity contribution in [1.29, 1.82) is 10.5 Å². The smallest absolute Gasteiger partial charge is 0.0997 e. The van der Waals surface area contributed by atoms with Crippen molar-refractivity contribution < 1.29 is 4.74 Å². The highest BCUT2D eigenvalue weighted by Gasteiger charge is 2.00. The molecule has 4 nitrogen and oxygen atoms in total. The van der Waals surface area contributed by atoms with Crippen molar-refractivity contribution in [3.8, 4) is 12.1 Å². The minimum Gasteiger partial charge on any atom is -0.501 e. The highest BCUT2D eigenvalue weighted by atomic mass is 16.5. The van der Waals surface area contributed by atoms with Gasteiger partial charge in [-0.1, -0.05) is 12.7 Å². The van der Waals surface area contributed by atoms with Crippen LogP contribution in [-0.2, 0) is 4.74 Å². The molecule has 0 N–H and O–H groups in total. The minimum absolute atomic E-state index is 0.567. The van der Waals surface area contributed by atoms with Crippen molar-refractivity contribution in [2.45, 2.75) is 13.8 Å². The van der Waals surface area contributed by atoms with Crippen LogP contribution in [0.2, 0.25) is 0 Å². The first kappa shape index (κ1) is 20.0. The average Bonchev–Trinajstić information content (AvgIpc) is 2.59. The van der Waals surface area contributed by atoms with Gasteiger partial charge in [0.05, 0.1) is 36.1 Å². The lowest BCUT2D eigenvalue weighted by atomic mass is 10.1. The molecule has 0 unspecified atom stereocenters. The number of nitriles is 2. The van der Waals surface area contributed by atoms with E-state index in [2.05, 4.69) is 18.7 Å². The van der Waals surface area contributed by atoms with Crippen molar-refractivity contribution in [1.82, 2.24) is 4.90 Å². The van der Waals surface area contributed by atoms with Crippen LogP contribution in [0.4, 0.5) is 0 Å². The summed E-state index contributed by atoms with van der Waals surface area (Å²) in [5, 5.41) is 17.7. The van der Waals surface area contributed by atoms with Gasteiger partial charge in [-0.25, -0.2) is 0 Å². The van der Waals surface area contributed by atoms with E-state index in [1.807, 2.05) is 38.1 Å². The molecule has 1 aromatic rings. The zero-order valence-electron chi connectivity index (χ0n) is 14.2. The van der Waals surface area contributed by atoms with Crippen LogP contribution in [0.25, 0.3) is 6.08 Å². The Morgan fingerprint density at radius 1 is 1.35 bits per heavy atom. The summed E-state index contributed by atoms with van der Waals surface area (Å²) in [5.74, 6) is 0.884. The number of allylic oxidation sites excluding steroid dienone is 3. The van der Waals surface area contributed by atoms with Crippen molar-refractivity contribution in [3.05, 3.63) is 65.6 Å². The molecular weight excluding hydrogens is 286 g/mol. The largest absolute Gasteiger partial charge is 0.501 e. The molecule has 120 valence electrons. The predicted octanol–water partition coefficient (Wildman–Crippen LogP) is 4.07. The van der Waals surface area contributed by atoms with Crippen molar-refractivity contribution in [2.75, 3.05) is 20.7 Å². The maximum Gasteiger partial charge on any atom is 0.0997 e. The zero-order chi connectivity index (χ0) is 17.7. The first-order valence-corrected chi connectivity index (χ1v) is 7.18. The van der Waals surface area contributed by atoms with E-state index in [1.165, 1.54) is 0 Å². The van der Waals surface area contributed by atoms with E-state index in [9.17, 15) is 0 Å². The van der Waals surface area contributed by atoms with Gasteiger partial charge in [0.25, 0.3) is 0 Å². The van der Waals surface area contributed by atoms with Gasteiger partial charge in [-0.3, -0.25) is 0 Å². The molecule has 0 saturated heterocycles. The number of hydrogen-bond acceptors (Lipinski definition) is 4. The maximum absolute atomic E-state index is 8.92. The summed E-state index contributed by atoms with van der Waals surface area (Å²) in [6, 6.07) is 9.22. The lowest BCUT2D eigenvalue weighted by Crippen LogP contribution is -2.08. The summed E-state index contributed by atoms with van der Waals surface area (Å²) in [6.07, 6.45) is 7.25. The first-order valence-electron chi connectivity index (χ1n) is 7.18. The third-order valence-electron chi connectivity index (χ3n) is 2.98. The second kappa shape index (κ2) is 11.7. The van der Waals surface area contributed by atoms with Crippen LogP contribution >= 0.6 is 0 Å². The van der Waals surface area contributed by atoms with Crippen molar-refractivity contribution in [2.24, 2.45) is 0 Å². The fourth-order valence-corrected chi connectivity index (χ4v) is 1.42. The van der Waals surface area contributed by atoms with E-state index >= 15 is 0 Å². The lowest BCUT2D eigenvalue weighted by molar-refractivity contribution is 0.294. The molecule has 0 bridgehead atoms. The molecule has 0 amide bonds. The summed E-state index contributed by atoms with van der Waals surface area (Å²) in [4.78, 5) is 2.00. The van der Waals surface area contributed by atoms with E-state index in [1.54, 1.807) is 37.5 Å². The quantitative estimate of drug-likeness (QED) is 0.607. The Morgan fingerprint density at radius 2 is 2.04 bits per heavy atom. The van der Waals surface area contributed by atoms with E-state index in [0.717, 1.165) is 17.9 Å². The van der Waals surface area contributed by atoms with Crippen LogP contribution in [0.15, 0.2) is 48.9 Å². The fourth-order valence-electron chi connectivity index (χ4n) is 1.42. The standard InChI is InChI=1S/C13H13N3.C6H10O/c1-3-16(2)7-6-12-8-11(9-14)4-5-13(12)10-15;1-4-5-6(2)7-3/h4-8H,3H2,1-2H3;4-5H,1H2,2-3H3/b7-6+;6-5+. The van der Waals surface area contributed by atoms with Gasteiger partial charge in [0.1, 0.15) is 0 Å². The molecule has 0 aromatic heterocycles. The average molecular weight is 309 g/mol. The molecule has 23 heavy (non-hydrogen) atoms. The van der Waals surface area contributed by atoms with Gasteiger partial charge in [-0.2, -0.15) is 10.5 Å². The van der Waals surface area contributed by atoms with Crippen molar-refractivity contribution >= 4 is 6.08 Å². The van der Waals surface area contributed by atoms with Gasteiger partial charge >= 0.3 is 0 Å². The normalized spacial score (nSPS) is 10.1. The number of nitrogens with zero attached hydrogens (tertiary/aromatic N) is 3. The van der Waals surface area contributed by atoms with Gasteiger partial charge in [0.15, 0.2) is 0 Å². The number of methoxy groups -OCH3 is 1. The Bertz CT molecular complexity index is 646. The molecule has 0 heterocycles. The molecule has 4 heteroatoms. The highest BCUT2D eigenvalue weighted by Crippen LogP contribution is 2.12. The number of hydrogen-bond donors (Lipinski definition) is 0. The second-order valence-corrected chi connectivity index (χ2v) is 4.63. The topological polar surface area (TPSA) is 60.0 Å². The van der Waals surface area contributed by atoms with Crippen LogP contribution in [0.5, 0.6) is 0 Å². The monoisotopic (exact) mass is 309 g/mol. The Hall–Kier alpha value is -2.98. The lowest BCUT2D eigenvalue weighted by Gasteiger charge is -2.09.